The topological polar surface area (TPSA) is 84.5 Å². The summed E-state index contributed by atoms with van der Waals surface area (Å²) in [5.74, 6) is -1.06. The molecule has 1 aliphatic carbocycles. The average Bonchev–Trinajstić information content (AvgIpc) is 3.39. The lowest BCUT2D eigenvalue weighted by Gasteiger charge is -2.13. The molecule has 0 heterocycles. The molecule has 1 saturated carbocycles. The molecule has 0 bridgehead atoms. The molecule has 2 aromatic rings. The third-order valence-corrected chi connectivity index (χ3v) is 5.13. The maximum absolute atomic E-state index is 14.1. The standard InChI is InChI=1S/C17H17FN2O4S/c1-24-15-5-3-2-4-14(15)20-25(22,23)16-10-11(6-9-13(16)18)17(21)19-12-7-8-12/h2-6,9-10,12,20H,7-8H2,1H3,(H,19,21). The highest BCUT2D eigenvalue weighted by atomic mass is 32.2. The van der Waals surface area contributed by atoms with Crippen molar-refractivity contribution >= 4 is 21.6 Å². The molecule has 3 rings (SSSR count). The first-order valence-electron chi connectivity index (χ1n) is 7.67. The maximum atomic E-state index is 14.1. The van der Waals surface area contributed by atoms with Crippen molar-refractivity contribution in [2.24, 2.45) is 0 Å². The minimum Gasteiger partial charge on any atom is -0.495 e. The van der Waals surface area contributed by atoms with E-state index in [1.807, 2.05) is 0 Å². The Labute approximate surface area is 145 Å². The Kier molecular flexibility index (Phi) is 4.63. The van der Waals surface area contributed by atoms with Crippen LogP contribution in [0.3, 0.4) is 0 Å². The average molecular weight is 364 g/mol. The highest BCUT2D eigenvalue weighted by Gasteiger charge is 2.26. The summed E-state index contributed by atoms with van der Waals surface area (Å²) in [6.07, 6.45) is 1.79. The van der Waals surface area contributed by atoms with Crippen LogP contribution in [0.25, 0.3) is 0 Å². The molecule has 0 aromatic heterocycles. The van der Waals surface area contributed by atoms with E-state index in [4.69, 9.17) is 4.74 Å². The number of ether oxygens (including phenoxy) is 1. The first-order valence-corrected chi connectivity index (χ1v) is 9.15. The van der Waals surface area contributed by atoms with Gasteiger partial charge in [0.25, 0.3) is 15.9 Å². The Balaban J connectivity index is 1.91. The second-order valence-electron chi connectivity index (χ2n) is 5.70. The minimum absolute atomic E-state index is 0.0914. The van der Waals surface area contributed by atoms with Crippen LogP contribution in [0.15, 0.2) is 47.4 Å². The van der Waals surface area contributed by atoms with Gasteiger partial charge in [0, 0.05) is 11.6 Å². The van der Waals surface area contributed by atoms with Gasteiger partial charge in [0.2, 0.25) is 0 Å². The van der Waals surface area contributed by atoms with E-state index in [1.165, 1.54) is 19.2 Å². The summed E-state index contributed by atoms with van der Waals surface area (Å²) in [6.45, 7) is 0. The highest BCUT2D eigenvalue weighted by molar-refractivity contribution is 7.92. The van der Waals surface area contributed by atoms with Crippen LogP contribution in [-0.2, 0) is 10.0 Å². The largest absolute Gasteiger partial charge is 0.495 e. The van der Waals surface area contributed by atoms with Gasteiger partial charge in [-0.2, -0.15) is 0 Å². The predicted molar refractivity (Wildman–Crippen MR) is 90.7 cm³/mol. The molecule has 1 aliphatic rings. The van der Waals surface area contributed by atoms with Crippen molar-refractivity contribution in [1.82, 2.24) is 5.32 Å². The van der Waals surface area contributed by atoms with Gasteiger partial charge in [0.05, 0.1) is 12.8 Å². The van der Waals surface area contributed by atoms with Crippen molar-refractivity contribution in [2.45, 2.75) is 23.8 Å². The van der Waals surface area contributed by atoms with E-state index < -0.39 is 26.6 Å². The number of methoxy groups -OCH3 is 1. The van der Waals surface area contributed by atoms with Gasteiger partial charge in [-0.3, -0.25) is 9.52 Å². The molecule has 6 nitrogen and oxygen atoms in total. The zero-order valence-corrected chi connectivity index (χ0v) is 14.3. The molecular weight excluding hydrogens is 347 g/mol. The molecule has 0 radical (unpaired) electrons. The number of hydrogen-bond acceptors (Lipinski definition) is 4. The summed E-state index contributed by atoms with van der Waals surface area (Å²) in [5, 5.41) is 2.74. The molecule has 25 heavy (non-hydrogen) atoms. The van der Waals surface area contributed by atoms with Crippen LogP contribution >= 0.6 is 0 Å². The second kappa shape index (κ2) is 6.72. The Hall–Kier alpha value is -2.61. The van der Waals surface area contributed by atoms with E-state index in [0.717, 1.165) is 25.0 Å². The fourth-order valence-corrected chi connectivity index (χ4v) is 3.45. The van der Waals surface area contributed by atoms with Crippen molar-refractivity contribution < 1.29 is 22.3 Å². The van der Waals surface area contributed by atoms with Gasteiger partial charge in [-0.15, -0.1) is 0 Å². The summed E-state index contributed by atoms with van der Waals surface area (Å²) in [5.41, 5.74) is 0.269. The van der Waals surface area contributed by atoms with Gasteiger partial charge in [-0.05, 0) is 43.2 Å². The first kappa shape index (κ1) is 17.2. The number of nitrogens with one attached hydrogen (secondary N) is 2. The summed E-state index contributed by atoms with van der Waals surface area (Å²) in [6, 6.07) is 9.75. The van der Waals surface area contributed by atoms with Gasteiger partial charge < -0.3 is 10.1 Å². The second-order valence-corrected chi connectivity index (χ2v) is 7.35. The molecule has 0 saturated heterocycles. The number of rotatable bonds is 6. The lowest BCUT2D eigenvalue weighted by molar-refractivity contribution is 0.0951. The lowest BCUT2D eigenvalue weighted by Crippen LogP contribution is -2.26. The number of halogens is 1. The minimum atomic E-state index is -4.23. The quantitative estimate of drug-likeness (QED) is 0.825. The molecule has 0 unspecified atom stereocenters. The van der Waals surface area contributed by atoms with Gasteiger partial charge >= 0.3 is 0 Å². The van der Waals surface area contributed by atoms with Gasteiger partial charge in [0.1, 0.15) is 16.5 Å². The normalized spacial score (nSPS) is 14.0. The summed E-state index contributed by atoms with van der Waals surface area (Å²) in [7, 11) is -2.83. The monoisotopic (exact) mass is 364 g/mol. The summed E-state index contributed by atoms with van der Waals surface area (Å²) in [4.78, 5) is 11.5. The van der Waals surface area contributed by atoms with Crippen molar-refractivity contribution in [3.05, 3.63) is 53.8 Å². The Morgan fingerprint density at radius 3 is 2.60 bits per heavy atom. The fraction of sp³-hybridized carbons (Fsp3) is 0.235. The molecule has 0 aliphatic heterocycles. The summed E-state index contributed by atoms with van der Waals surface area (Å²) < 4.78 is 46.6. The van der Waals surface area contributed by atoms with E-state index in [1.54, 1.807) is 18.2 Å². The van der Waals surface area contributed by atoms with Crippen LogP contribution in [0, 0.1) is 5.82 Å². The Morgan fingerprint density at radius 2 is 1.92 bits per heavy atom. The SMILES string of the molecule is COc1ccccc1NS(=O)(=O)c1cc(C(=O)NC2CC2)ccc1F. The molecule has 8 heteroatoms. The highest BCUT2D eigenvalue weighted by Crippen LogP contribution is 2.27. The third-order valence-electron chi connectivity index (χ3n) is 3.75. The summed E-state index contributed by atoms with van der Waals surface area (Å²) >= 11 is 0. The maximum Gasteiger partial charge on any atom is 0.264 e. The molecule has 0 atom stereocenters. The molecular formula is C17H17FN2O4S. The predicted octanol–water partition coefficient (Wildman–Crippen LogP) is 2.53. The van der Waals surface area contributed by atoms with E-state index in [0.29, 0.717) is 5.75 Å². The first-order chi connectivity index (χ1) is 11.9. The van der Waals surface area contributed by atoms with Crippen LogP contribution in [0.5, 0.6) is 5.75 Å². The number of sulfonamides is 1. The van der Waals surface area contributed by atoms with Gasteiger partial charge in [-0.1, -0.05) is 12.1 Å². The van der Waals surface area contributed by atoms with Crippen LogP contribution in [0.1, 0.15) is 23.2 Å². The zero-order chi connectivity index (χ0) is 18.0. The number of amides is 1. The smallest absolute Gasteiger partial charge is 0.264 e. The van der Waals surface area contributed by atoms with E-state index in [-0.39, 0.29) is 17.3 Å². The van der Waals surface area contributed by atoms with Crippen LogP contribution in [-0.4, -0.2) is 27.5 Å². The van der Waals surface area contributed by atoms with Crippen LogP contribution in [0.2, 0.25) is 0 Å². The van der Waals surface area contributed by atoms with Gasteiger partial charge in [-0.25, -0.2) is 12.8 Å². The fourth-order valence-electron chi connectivity index (χ4n) is 2.28. The molecule has 2 aromatic carbocycles. The number of para-hydroxylation sites is 2. The molecule has 132 valence electrons. The van der Waals surface area contributed by atoms with Crippen LogP contribution in [0.4, 0.5) is 10.1 Å². The number of carbonyl (C=O) groups is 1. The number of hydrogen-bond donors (Lipinski definition) is 2. The third kappa shape index (κ3) is 3.90. The van der Waals surface area contributed by atoms with E-state index >= 15 is 0 Å². The number of anilines is 1. The zero-order valence-electron chi connectivity index (χ0n) is 13.5. The van der Waals surface area contributed by atoms with Crippen molar-refractivity contribution in [1.29, 1.82) is 0 Å². The van der Waals surface area contributed by atoms with Crippen molar-refractivity contribution in [3.8, 4) is 5.75 Å². The van der Waals surface area contributed by atoms with Crippen molar-refractivity contribution in [2.75, 3.05) is 11.8 Å². The van der Waals surface area contributed by atoms with E-state index in [2.05, 4.69) is 10.0 Å². The Bertz CT molecular complexity index is 911. The molecule has 1 amide bonds. The lowest BCUT2D eigenvalue weighted by atomic mass is 10.2. The number of benzene rings is 2. The van der Waals surface area contributed by atoms with Gasteiger partial charge in [0.15, 0.2) is 0 Å². The molecule has 1 fully saturated rings. The Morgan fingerprint density at radius 1 is 1.20 bits per heavy atom. The molecule has 2 N–H and O–H groups in total. The molecule has 0 spiro atoms. The van der Waals surface area contributed by atoms with Crippen LogP contribution < -0.4 is 14.8 Å². The van der Waals surface area contributed by atoms with E-state index in [9.17, 15) is 17.6 Å². The van der Waals surface area contributed by atoms with Crippen molar-refractivity contribution in [3.63, 3.8) is 0 Å². The number of carbonyl (C=O) groups excluding carboxylic acids is 1.